The number of nitrogens with one attached hydrogen (secondary N) is 1. The van der Waals surface area contributed by atoms with Crippen LogP contribution in [0.3, 0.4) is 0 Å². The molecule has 1 aromatic carbocycles. The van der Waals surface area contributed by atoms with Crippen LogP contribution in [0, 0.1) is 0 Å². The molecular weight excluding hydrogens is 260 g/mol. The second kappa shape index (κ2) is 8.20. The van der Waals surface area contributed by atoms with Crippen LogP contribution in [0.5, 0.6) is 0 Å². The van der Waals surface area contributed by atoms with E-state index in [1.807, 2.05) is 42.6 Å². The lowest BCUT2D eigenvalue weighted by Crippen LogP contribution is -2.33. The Morgan fingerprint density at radius 2 is 1.90 bits per heavy atom. The zero-order valence-corrected chi connectivity index (χ0v) is 12.5. The molecule has 0 bridgehead atoms. The molecule has 0 aliphatic carbocycles. The maximum Gasteiger partial charge on any atom is 0.224 e. The van der Waals surface area contributed by atoms with Gasteiger partial charge in [-0.2, -0.15) is 0 Å². The van der Waals surface area contributed by atoms with Gasteiger partial charge in [-0.05, 0) is 43.4 Å². The van der Waals surface area contributed by atoms with Crippen LogP contribution >= 0.6 is 0 Å². The van der Waals surface area contributed by atoms with Gasteiger partial charge in [0.25, 0.3) is 0 Å². The topological polar surface area (TPSA) is 42.0 Å². The van der Waals surface area contributed by atoms with Gasteiger partial charge in [0.1, 0.15) is 0 Å². The third kappa shape index (κ3) is 5.78. The zero-order chi connectivity index (χ0) is 14.9. The number of aromatic nitrogens is 1. The van der Waals surface area contributed by atoms with Crippen LogP contribution in [-0.2, 0) is 17.6 Å². The summed E-state index contributed by atoms with van der Waals surface area (Å²) in [6, 6.07) is 14.1. The molecule has 3 nitrogen and oxygen atoms in total. The average molecular weight is 282 g/mol. The first-order valence-electron chi connectivity index (χ1n) is 7.46. The van der Waals surface area contributed by atoms with Crippen LogP contribution in [0.2, 0.25) is 0 Å². The Balaban J connectivity index is 1.67. The first-order valence-corrected chi connectivity index (χ1v) is 7.46. The smallest absolute Gasteiger partial charge is 0.224 e. The Morgan fingerprint density at radius 1 is 1.14 bits per heavy atom. The molecule has 1 atom stereocenters. The highest BCUT2D eigenvalue weighted by molar-refractivity contribution is 5.78. The quantitative estimate of drug-likeness (QED) is 0.847. The van der Waals surface area contributed by atoms with Crippen molar-refractivity contribution < 1.29 is 4.79 Å². The van der Waals surface area contributed by atoms with Crippen molar-refractivity contribution in [3.05, 3.63) is 66.0 Å². The summed E-state index contributed by atoms with van der Waals surface area (Å²) in [5.41, 5.74) is 2.30. The summed E-state index contributed by atoms with van der Waals surface area (Å²) >= 11 is 0. The standard InChI is InChI=1S/C18H22N2O/c1-15(7-5-10-17-11-6-12-19-14-17)20-18(21)13-16-8-3-2-4-9-16/h2-4,6,8-9,11-12,14-15H,5,7,10,13H2,1H3,(H,20,21). The molecule has 0 saturated carbocycles. The van der Waals surface area contributed by atoms with E-state index in [1.165, 1.54) is 5.56 Å². The number of hydrogen-bond acceptors (Lipinski definition) is 2. The van der Waals surface area contributed by atoms with Crippen molar-refractivity contribution in [3.8, 4) is 0 Å². The number of pyridine rings is 1. The van der Waals surface area contributed by atoms with Crippen LogP contribution in [0.4, 0.5) is 0 Å². The molecule has 110 valence electrons. The van der Waals surface area contributed by atoms with Crippen molar-refractivity contribution in [1.29, 1.82) is 0 Å². The normalized spacial score (nSPS) is 11.9. The van der Waals surface area contributed by atoms with Crippen LogP contribution in [0.1, 0.15) is 30.9 Å². The fourth-order valence-electron chi connectivity index (χ4n) is 2.34. The van der Waals surface area contributed by atoms with Gasteiger partial charge in [-0.1, -0.05) is 36.4 Å². The van der Waals surface area contributed by atoms with Crippen molar-refractivity contribution in [2.24, 2.45) is 0 Å². The highest BCUT2D eigenvalue weighted by Crippen LogP contribution is 2.06. The molecule has 1 N–H and O–H groups in total. The molecule has 0 radical (unpaired) electrons. The Morgan fingerprint density at radius 3 is 2.62 bits per heavy atom. The molecule has 0 aliphatic heterocycles. The highest BCUT2D eigenvalue weighted by atomic mass is 16.1. The number of rotatable bonds is 7. The van der Waals surface area contributed by atoms with Gasteiger partial charge in [0, 0.05) is 18.4 Å². The highest BCUT2D eigenvalue weighted by Gasteiger charge is 2.08. The van der Waals surface area contributed by atoms with E-state index in [4.69, 9.17) is 0 Å². The van der Waals surface area contributed by atoms with E-state index in [1.54, 1.807) is 6.20 Å². The van der Waals surface area contributed by atoms with E-state index >= 15 is 0 Å². The Kier molecular flexibility index (Phi) is 5.95. The minimum absolute atomic E-state index is 0.0927. The van der Waals surface area contributed by atoms with E-state index in [2.05, 4.69) is 23.3 Å². The van der Waals surface area contributed by atoms with Gasteiger partial charge in [-0.3, -0.25) is 9.78 Å². The lowest BCUT2D eigenvalue weighted by atomic mass is 10.1. The molecule has 1 unspecified atom stereocenters. The molecular formula is C18H22N2O. The van der Waals surface area contributed by atoms with Crippen molar-refractivity contribution in [1.82, 2.24) is 10.3 Å². The fraction of sp³-hybridized carbons (Fsp3) is 0.333. The third-order valence-electron chi connectivity index (χ3n) is 3.44. The van der Waals surface area contributed by atoms with Gasteiger partial charge in [0.15, 0.2) is 0 Å². The fourth-order valence-corrected chi connectivity index (χ4v) is 2.34. The predicted octanol–water partition coefficient (Wildman–Crippen LogP) is 3.15. The Bertz CT molecular complexity index is 540. The first kappa shape index (κ1) is 15.2. The Hall–Kier alpha value is -2.16. The molecule has 2 aromatic rings. The number of carbonyl (C=O) groups is 1. The van der Waals surface area contributed by atoms with E-state index in [9.17, 15) is 4.79 Å². The van der Waals surface area contributed by atoms with Crippen LogP contribution < -0.4 is 5.32 Å². The van der Waals surface area contributed by atoms with Crippen LogP contribution in [-0.4, -0.2) is 16.9 Å². The summed E-state index contributed by atoms with van der Waals surface area (Å²) < 4.78 is 0. The summed E-state index contributed by atoms with van der Waals surface area (Å²) in [5, 5.41) is 3.06. The predicted molar refractivity (Wildman–Crippen MR) is 84.9 cm³/mol. The van der Waals surface area contributed by atoms with Crippen molar-refractivity contribution in [2.45, 2.75) is 38.6 Å². The van der Waals surface area contributed by atoms with Gasteiger partial charge in [0.05, 0.1) is 6.42 Å². The van der Waals surface area contributed by atoms with Gasteiger partial charge in [0.2, 0.25) is 5.91 Å². The van der Waals surface area contributed by atoms with Crippen molar-refractivity contribution in [3.63, 3.8) is 0 Å². The molecule has 1 heterocycles. The van der Waals surface area contributed by atoms with Gasteiger partial charge < -0.3 is 5.32 Å². The Labute approximate surface area is 126 Å². The number of carbonyl (C=O) groups excluding carboxylic acids is 1. The summed E-state index contributed by atoms with van der Waals surface area (Å²) in [7, 11) is 0. The molecule has 1 aromatic heterocycles. The summed E-state index contributed by atoms with van der Waals surface area (Å²) in [6.07, 6.45) is 7.18. The van der Waals surface area contributed by atoms with Gasteiger partial charge in [-0.15, -0.1) is 0 Å². The van der Waals surface area contributed by atoms with Crippen LogP contribution in [0.25, 0.3) is 0 Å². The largest absolute Gasteiger partial charge is 0.353 e. The number of hydrogen-bond donors (Lipinski definition) is 1. The average Bonchev–Trinajstić information content (AvgIpc) is 2.49. The second-order valence-corrected chi connectivity index (χ2v) is 5.38. The minimum Gasteiger partial charge on any atom is -0.353 e. The molecule has 0 spiro atoms. The minimum atomic E-state index is 0.0927. The van der Waals surface area contributed by atoms with E-state index in [0.717, 1.165) is 24.8 Å². The third-order valence-corrected chi connectivity index (χ3v) is 3.44. The summed E-state index contributed by atoms with van der Waals surface area (Å²) in [6.45, 7) is 2.06. The number of nitrogens with zero attached hydrogens (tertiary/aromatic N) is 1. The molecule has 3 heteroatoms. The molecule has 1 amide bonds. The number of amides is 1. The monoisotopic (exact) mass is 282 g/mol. The first-order chi connectivity index (χ1) is 10.2. The number of benzene rings is 1. The second-order valence-electron chi connectivity index (χ2n) is 5.38. The molecule has 0 aliphatic rings. The molecule has 21 heavy (non-hydrogen) atoms. The molecule has 2 rings (SSSR count). The molecule has 0 saturated heterocycles. The number of aryl methyl sites for hydroxylation is 1. The van der Waals surface area contributed by atoms with E-state index in [0.29, 0.717) is 6.42 Å². The van der Waals surface area contributed by atoms with Crippen molar-refractivity contribution >= 4 is 5.91 Å². The maximum absolute atomic E-state index is 11.9. The zero-order valence-electron chi connectivity index (χ0n) is 12.5. The lowest BCUT2D eigenvalue weighted by molar-refractivity contribution is -0.121. The summed E-state index contributed by atoms with van der Waals surface area (Å²) in [5.74, 6) is 0.0927. The van der Waals surface area contributed by atoms with Gasteiger partial charge in [-0.25, -0.2) is 0 Å². The van der Waals surface area contributed by atoms with Crippen molar-refractivity contribution in [2.75, 3.05) is 0 Å². The van der Waals surface area contributed by atoms with E-state index < -0.39 is 0 Å². The lowest BCUT2D eigenvalue weighted by Gasteiger charge is -2.13. The SMILES string of the molecule is CC(CCCc1cccnc1)NC(=O)Cc1ccccc1. The summed E-state index contributed by atoms with van der Waals surface area (Å²) in [4.78, 5) is 16.0. The molecule has 0 fully saturated rings. The van der Waals surface area contributed by atoms with Crippen LogP contribution in [0.15, 0.2) is 54.9 Å². The maximum atomic E-state index is 11.9. The van der Waals surface area contributed by atoms with Gasteiger partial charge >= 0.3 is 0 Å². The van der Waals surface area contributed by atoms with E-state index in [-0.39, 0.29) is 11.9 Å².